The molecule has 0 aromatic heterocycles. The Labute approximate surface area is 99.3 Å². The molecule has 86 valence electrons. The van der Waals surface area contributed by atoms with E-state index in [9.17, 15) is 4.79 Å². The predicted octanol–water partition coefficient (Wildman–Crippen LogP) is 1.94. The molecule has 0 radical (unpaired) electrons. The van der Waals surface area contributed by atoms with Gasteiger partial charge in [0.2, 0.25) is 5.91 Å². The first-order valence-corrected chi connectivity index (χ1v) is 6.64. The van der Waals surface area contributed by atoms with Crippen LogP contribution >= 0.6 is 15.9 Å². The number of likely N-dealkylation sites (tertiary alicyclic amines) is 1. The van der Waals surface area contributed by atoms with Crippen LogP contribution in [0, 0.1) is 0 Å². The monoisotopic (exact) mass is 275 g/mol. The molecule has 2 saturated heterocycles. The summed E-state index contributed by atoms with van der Waals surface area (Å²) in [5.41, 5.74) is 0.00829. The lowest BCUT2D eigenvalue weighted by Gasteiger charge is -2.37. The number of hydrogen-bond donors (Lipinski definition) is 0. The van der Waals surface area contributed by atoms with Gasteiger partial charge < -0.3 is 9.64 Å². The third kappa shape index (κ3) is 1.94. The van der Waals surface area contributed by atoms with Gasteiger partial charge in [-0.1, -0.05) is 29.3 Å². The van der Waals surface area contributed by atoms with Crippen LogP contribution in [0.5, 0.6) is 0 Å². The number of amides is 1. The Kier molecular flexibility index (Phi) is 3.36. The quantitative estimate of drug-likeness (QED) is 0.737. The second-order valence-corrected chi connectivity index (χ2v) is 5.63. The molecule has 0 aliphatic carbocycles. The van der Waals surface area contributed by atoms with Gasteiger partial charge in [-0.3, -0.25) is 4.79 Å². The molecule has 3 nitrogen and oxygen atoms in total. The summed E-state index contributed by atoms with van der Waals surface area (Å²) in [7, 11) is 0. The van der Waals surface area contributed by atoms with E-state index in [-0.39, 0.29) is 16.3 Å². The van der Waals surface area contributed by atoms with Crippen molar-refractivity contribution in [1.82, 2.24) is 4.90 Å². The van der Waals surface area contributed by atoms with E-state index in [0.717, 1.165) is 45.4 Å². The Hall–Kier alpha value is -0.0900. The van der Waals surface area contributed by atoms with Gasteiger partial charge in [0, 0.05) is 13.2 Å². The summed E-state index contributed by atoms with van der Waals surface area (Å²) >= 11 is 3.43. The van der Waals surface area contributed by atoms with Crippen molar-refractivity contribution in [2.75, 3.05) is 19.8 Å². The van der Waals surface area contributed by atoms with Gasteiger partial charge >= 0.3 is 0 Å². The molecule has 2 heterocycles. The average molecular weight is 276 g/mol. The minimum absolute atomic E-state index is 0.00829. The number of rotatable bonds is 3. The van der Waals surface area contributed by atoms with Crippen molar-refractivity contribution in [3.05, 3.63) is 0 Å². The van der Waals surface area contributed by atoms with Crippen LogP contribution in [0.4, 0.5) is 0 Å². The number of carbonyl (C=O) groups excluding carboxylic acids is 1. The molecule has 0 spiro atoms. The average Bonchev–Trinajstić information content (AvgIpc) is 2.78. The van der Waals surface area contributed by atoms with Gasteiger partial charge in [0.15, 0.2) is 0 Å². The lowest BCUT2D eigenvalue weighted by Crippen LogP contribution is -2.50. The maximum absolute atomic E-state index is 12.0. The number of ether oxygens (including phenoxy) is 1. The number of halogens is 1. The molecule has 0 saturated carbocycles. The number of hydrogen-bond acceptors (Lipinski definition) is 2. The Morgan fingerprint density at radius 2 is 2.47 bits per heavy atom. The zero-order valence-corrected chi connectivity index (χ0v) is 10.8. The Morgan fingerprint density at radius 3 is 2.93 bits per heavy atom. The molecule has 0 aromatic rings. The minimum Gasteiger partial charge on any atom is -0.379 e. The molecular formula is C11H18BrNO2. The molecule has 4 heteroatoms. The first-order chi connectivity index (χ1) is 7.19. The molecule has 2 fully saturated rings. The maximum Gasteiger partial charge on any atom is 0.236 e. The van der Waals surface area contributed by atoms with Crippen molar-refractivity contribution in [1.29, 1.82) is 0 Å². The van der Waals surface area contributed by atoms with Crippen molar-refractivity contribution in [2.24, 2.45) is 0 Å². The first kappa shape index (κ1) is 11.4. The molecule has 0 bridgehead atoms. The molecule has 1 amide bonds. The summed E-state index contributed by atoms with van der Waals surface area (Å²) < 4.78 is 5.50. The lowest BCUT2D eigenvalue weighted by molar-refractivity contribution is -0.133. The summed E-state index contributed by atoms with van der Waals surface area (Å²) in [6.07, 6.45) is 4.12. The molecule has 2 rings (SSSR count). The molecule has 15 heavy (non-hydrogen) atoms. The Bertz CT molecular complexity index is 251. The third-order valence-electron chi connectivity index (χ3n) is 3.51. The standard InChI is InChI=1S/C11H18BrNO2/c1-2-4-11(5-7-15-8-11)13-6-3-9(12)10(13)14/h9H,2-8H2,1H3. The van der Waals surface area contributed by atoms with Crippen LogP contribution in [-0.4, -0.2) is 40.9 Å². The summed E-state index contributed by atoms with van der Waals surface area (Å²) in [6.45, 7) is 4.59. The maximum atomic E-state index is 12.0. The van der Waals surface area contributed by atoms with Crippen molar-refractivity contribution in [2.45, 2.75) is 43.0 Å². The second-order valence-electron chi connectivity index (χ2n) is 4.52. The highest BCUT2D eigenvalue weighted by Crippen LogP contribution is 2.35. The zero-order chi connectivity index (χ0) is 10.9. The van der Waals surface area contributed by atoms with Crippen molar-refractivity contribution in [3.8, 4) is 0 Å². The Morgan fingerprint density at radius 1 is 1.67 bits per heavy atom. The van der Waals surface area contributed by atoms with Crippen LogP contribution in [0.3, 0.4) is 0 Å². The largest absolute Gasteiger partial charge is 0.379 e. The molecule has 2 atom stereocenters. The van der Waals surface area contributed by atoms with Crippen molar-refractivity contribution < 1.29 is 9.53 Å². The van der Waals surface area contributed by atoms with Crippen molar-refractivity contribution in [3.63, 3.8) is 0 Å². The second kappa shape index (κ2) is 4.42. The summed E-state index contributed by atoms with van der Waals surface area (Å²) in [5, 5.41) is 0. The van der Waals surface area contributed by atoms with E-state index in [1.807, 2.05) is 0 Å². The lowest BCUT2D eigenvalue weighted by atomic mass is 9.91. The predicted molar refractivity (Wildman–Crippen MR) is 62.1 cm³/mol. The van der Waals surface area contributed by atoms with Crippen LogP contribution in [0.1, 0.15) is 32.6 Å². The number of carbonyl (C=O) groups is 1. The fourth-order valence-corrected chi connectivity index (χ4v) is 3.17. The van der Waals surface area contributed by atoms with Crippen LogP contribution in [0.25, 0.3) is 0 Å². The highest BCUT2D eigenvalue weighted by molar-refractivity contribution is 9.10. The zero-order valence-electron chi connectivity index (χ0n) is 9.17. The summed E-state index contributed by atoms with van der Waals surface area (Å²) in [6, 6.07) is 0. The molecule has 2 aliphatic heterocycles. The van der Waals surface area contributed by atoms with Crippen LogP contribution < -0.4 is 0 Å². The normalized spacial score (nSPS) is 36.5. The van der Waals surface area contributed by atoms with E-state index < -0.39 is 0 Å². The highest BCUT2D eigenvalue weighted by Gasteiger charge is 2.46. The molecular weight excluding hydrogens is 258 g/mol. The number of alkyl halides is 1. The third-order valence-corrected chi connectivity index (χ3v) is 4.36. The van der Waals surface area contributed by atoms with Gasteiger partial charge in [0.1, 0.15) is 0 Å². The SMILES string of the molecule is CCCC1(N2CCC(Br)C2=O)CCOC1. The molecule has 2 unspecified atom stereocenters. The van der Waals surface area contributed by atoms with Gasteiger partial charge in [-0.2, -0.15) is 0 Å². The molecule has 0 aromatic carbocycles. The fraction of sp³-hybridized carbons (Fsp3) is 0.909. The van der Waals surface area contributed by atoms with Crippen molar-refractivity contribution >= 4 is 21.8 Å². The van der Waals surface area contributed by atoms with Crippen LogP contribution in [0.2, 0.25) is 0 Å². The van der Waals surface area contributed by atoms with Crippen LogP contribution in [-0.2, 0) is 9.53 Å². The smallest absolute Gasteiger partial charge is 0.236 e. The van der Waals surface area contributed by atoms with E-state index in [0.29, 0.717) is 0 Å². The van der Waals surface area contributed by atoms with E-state index in [4.69, 9.17) is 4.74 Å². The van der Waals surface area contributed by atoms with Gasteiger partial charge in [0.05, 0.1) is 17.0 Å². The van der Waals surface area contributed by atoms with E-state index >= 15 is 0 Å². The van der Waals surface area contributed by atoms with Gasteiger partial charge in [0.25, 0.3) is 0 Å². The fourth-order valence-electron chi connectivity index (χ4n) is 2.72. The van der Waals surface area contributed by atoms with E-state index in [1.54, 1.807) is 0 Å². The summed E-state index contributed by atoms with van der Waals surface area (Å²) in [5.74, 6) is 0.258. The highest BCUT2D eigenvalue weighted by atomic mass is 79.9. The van der Waals surface area contributed by atoms with E-state index in [2.05, 4.69) is 27.8 Å². The topological polar surface area (TPSA) is 29.5 Å². The van der Waals surface area contributed by atoms with E-state index in [1.165, 1.54) is 0 Å². The molecule has 2 aliphatic rings. The van der Waals surface area contributed by atoms with Crippen LogP contribution in [0.15, 0.2) is 0 Å². The number of nitrogens with zero attached hydrogens (tertiary/aromatic N) is 1. The molecule has 0 N–H and O–H groups in total. The Balaban J connectivity index is 2.14. The van der Waals surface area contributed by atoms with Gasteiger partial charge in [-0.25, -0.2) is 0 Å². The van der Waals surface area contributed by atoms with Gasteiger partial charge in [-0.05, 0) is 19.3 Å². The summed E-state index contributed by atoms with van der Waals surface area (Å²) in [4.78, 5) is 14.1. The van der Waals surface area contributed by atoms with Gasteiger partial charge in [-0.15, -0.1) is 0 Å². The minimum atomic E-state index is 0.00829. The first-order valence-electron chi connectivity index (χ1n) is 5.73.